The summed E-state index contributed by atoms with van der Waals surface area (Å²) < 4.78 is 28.6. The van der Waals surface area contributed by atoms with Crippen LogP contribution < -0.4 is 5.32 Å². The van der Waals surface area contributed by atoms with Gasteiger partial charge >= 0.3 is 0 Å². The van der Waals surface area contributed by atoms with Gasteiger partial charge in [0.15, 0.2) is 11.5 Å². The fraction of sp³-hybridized carbons (Fsp3) is 0.0500. The van der Waals surface area contributed by atoms with Crippen molar-refractivity contribution in [1.82, 2.24) is 19.9 Å². The number of aromatic nitrogens is 3. The second-order valence-corrected chi connectivity index (χ2v) is 5.93. The number of halogens is 2. The highest BCUT2D eigenvalue weighted by atomic mass is 19.1. The first-order valence-corrected chi connectivity index (χ1v) is 8.25. The average Bonchev–Trinajstić information content (AvgIpc) is 3.11. The molecule has 4 rings (SSSR count). The fourth-order valence-electron chi connectivity index (χ4n) is 2.80. The normalized spacial score (nSPS) is 10.9. The van der Waals surface area contributed by atoms with E-state index in [0.29, 0.717) is 22.6 Å². The van der Waals surface area contributed by atoms with E-state index in [-0.39, 0.29) is 18.3 Å². The predicted molar refractivity (Wildman–Crippen MR) is 96.0 cm³/mol. The topological polar surface area (TPSA) is 59.3 Å². The largest absolute Gasteiger partial charge is 0.348 e. The van der Waals surface area contributed by atoms with Gasteiger partial charge in [0.1, 0.15) is 11.6 Å². The van der Waals surface area contributed by atoms with Gasteiger partial charge in [-0.25, -0.2) is 8.78 Å². The molecular formula is C20H14F2N4O. The van der Waals surface area contributed by atoms with Crippen LogP contribution in [-0.4, -0.2) is 20.5 Å². The Morgan fingerprint density at radius 3 is 2.52 bits per heavy atom. The molecule has 0 unspecified atom stereocenters. The predicted octanol–water partition coefficient (Wildman–Crippen LogP) is 3.60. The van der Waals surface area contributed by atoms with Gasteiger partial charge in [-0.3, -0.25) is 9.20 Å². The number of rotatable bonds is 4. The summed E-state index contributed by atoms with van der Waals surface area (Å²) in [7, 11) is 0. The molecule has 1 N–H and O–H groups in total. The van der Waals surface area contributed by atoms with Crippen LogP contribution in [0.4, 0.5) is 8.78 Å². The van der Waals surface area contributed by atoms with Crippen LogP contribution >= 0.6 is 0 Å². The third kappa shape index (κ3) is 3.27. The maximum atomic E-state index is 14.1. The fourth-order valence-corrected chi connectivity index (χ4v) is 2.80. The second-order valence-electron chi connectivity index (χ2n) is 5.93. The van der Waals surface area contributed by atoms with Gasteiger partial charge in [-0.1, -0.05) is 24.3 Å². The highest BCUT2D eigenvalue weighted by Gasteiger charge is 2.17. The van der Waals surface area contributed by atoms with Crippen LogP contribution in [0.15, 0.2) is 66.9 Å². The molecule has 0 aliphatic heterocycles. The highest BCUT2D eigenvalue weighted by molar-refractivity contribution is 5.99. The molecule has 0 saturated carbocycles. The van der Waals surface area contributed by atoms with Crippen molar-refractivity contribution in [3.8, 4) is 11.4 Å². The molecule has 0 aliphatic carbocycles. The van der Waals surface area contributed by atoms with Crippen molar-refractivity contribution in [3.05, 3.63) is 89.6 Å². The van der Waals surface area contributed by atoms with E-state index in [2.05, 4.69) is 15.5 Å². The van der Waals surface area contributed by atoms with Crippen LogP contribution in [0.5, 0.6) is 0 Å². The van der Waals surface area contributed by atoms with Crippen molar-refractivity contribution in [2.24, 2.45) is 0 Å². The van der Waals surface area contributed by atoms with Gasteiger partial charge in [0.05, 0.1) is 11.1 Å². The molecule has 1 amide bonds. The Bertz CT molecular complexity index is 1120. The number of fused-ring (bicyclic) bond motifs is 1. The Balaban J connectivity index is 1.64. The molecule has 0 radical (unpaired) electrons. The number of benzene rings is 2. The number of amides is 1. The van der Waals surface area contributed by atoms with Gasteiger partial charge in [0.25, 0.3) is 5.91 Å². The maximum Gasteiger partial charge on any atom is 0.255 e. The van der Waals surface area contributed by atoms with E-state index in [9.17, 15) is 13.6 Å². The van der Waals surface area contributed by atoms with Gasteiger partial charge in [0.2, 0.25) is 0 Å². The molecule has 0 spiro atoms. The molecule has 0 fully saturated rings. The van der Waals surface area contributed by atoms with Crippen molar-refractivity contribution >= 4 is 11.6 Å². The number of nitrogens with zero attached hydrogens (tertiary/aromatic N) is 3. The molecular weight excluding hydrogens is 350 g/mol. The Morgan fingerprint density at radius 2 is 1.74 bits per heavy atom. The van der Waals surface area contributed by atoms with Gasteiger partial charge in [0, 0.05) is 12.7 Å². The Kier molecular flexibility index (Phi) is 4.33. The van der Waals surface area contributed by atoms with Gasteiger partial charge in [-0.05, 0) is 42.0 Å². The summed E-state index contributed by atoms with van der Waals surface area (Å²) in [4.78, 5) is 12.6. The summed E-state index contributed by atoms with van der Waals surface area (Å²) in [6.07, 6.45) is 1.67. The molecule has 0 aliphatic rings. The quantitative estimate of drug-likeness (QED) is 0.602. The third-order valence-corrected chi connectivity index (χ3v) is 4.16. The Hall–Kier alpha value is -3.61. The molecule has 4 aromatic rings. The van der Waals surface area contributed by atoms with Crippen molar-refractivity contribution < 1.29 is 13.6 Å². The standard InChI is InChI=1S/C20H14F2N4O/c21-14-9-7-13(8-10-14)12-23-20(27)16-5-3-11-26-18(24-25-19(16)26)15-4-1-2-6-17(15)22/h1-11H,12H2,(H,23,27). The van der Waals surface area contributed by atoms with Crippen LogP contribution in [-0.2, 0) is 6.54 Å². The van der Waals surface area contributed by atoms with Gasteiger partial charge in [-0.2, -0.15) is 0 Å². The van der Waals surface area contributed by atoms with E-state index < -0.39 is 5.82 Å². The van der Waals surface area contributed by atoms with Crippen LogP contribution in [0.3, 0.4) is 0 Å². The summed E-state index contributed by atoms with van der Waals surface area (Å²) in [5.74, 6) is -0.786. The highest BCUT2D eigenvalue weighted by Crippen LogP contribution is 2.22. The zero-order chi connectivity index (χ0) is 18.8. The van der Waals surface area contributed by atoms with Crippen molar-refractivity contribution in [2.75, 3.05) is 0 Å². The molecule has 2 aromatic carbocycles. The lowest BCUT2D eigenvalue weighted by Gasteiger charge is -2.07. The van der Waals surface area contributed by atoms with Crippen molar-refractivity contribution in [2.45, 2.75) is 6.54 Å². The number of carbonyl (C=O) groups excluding carboxylic acids is 1. The molecule has 134 valence electrons. The zero-order valence-corrected chi connectivity index (χ0v) is 14.1. The lowest BCUT2D eigenvalue weighted by Crippen LogP contribution is -2.23. The van der Waals surface area contributed by atoms with E-state index in [1.54, 1.807) is 53.1 Å². The summed E-state index contributed by atoms with van der Waals surface area (Å²) in [5, 5.41) is 10.9. The van der Waals surface area contributed by atoms with Gasteiger partial charge < -0.3 is 5.32 Å². The number of pyridine rings is 1. The number of nitrogens with one attached hydrogen (secondary N) is 1. The summed E-state index contributed by atoms with van der Waals surface area (Å²) in [6, 6.07) is 15.4. The Morgan fingerprint density at radius 1 is 0.963 bits per heavy atom. The molecule has 2 aromatic heterocycles. The van der Waals surface area contributed by atoms with Crippen LogP contribution in [0.1, 0.15) is 15.9 Å². The van der Waals surface area contributed by atoms with Crippen molar-refractivity contribution in [1.29, 1.82) is 0 Å². The minimum atomic E-state index is -0.419. The van der Waals surface area contributed by atoms with E-state index in [1.807, 2.05) is 0 Å². The minimum absolute atomic E-state index is 0.245. The minimum Gasteiger partial charge on any atom is -0.348 e. The third-order valence-electron chi connectivity index (χ3n) is 4.16. The first-order valence-electron chi connectivity index (χ1n) is 8.25. The first kappa shape index (κ1) is 16.8. The maximum absolute atomic E-state index is 14.1. The SMILES string of the molecule is O=C(NCc1ccc(F)cc1)c1cccn2c(-c3ccccc3F)nnc12. The molecule has 0 bridgehead atoms. The van der Waals surface area contributed by atoms with Crippen LogP contribution in [0, 0.1) is 11.6 Å². The summed E-state index contributed by atoms with van der Waals surface area (Å²) >= 11 is 0. The van der Waals surface area contributed by atoms with Crippen LogP contribution in [0.2, 0.25) is 0 Å². The molecule has 5 nitrogen and oxygen atoms in total. The van der Waals surface area contributed by atoms with Crippen molar-refractivity contribution in [3.63, 3.8) is 0 Å². The summed E-state index contributed by atoms with van der Waals surface area (Å²) in [6.45, 7) is 0.245. The van der Waals surface area contributed by atoms with Crippen LogP contribution in [0.25, 0.3) is 17.0 Å². The molecule has 7 heteroatoms. The van der Waals surface area contributed by atoms with E-state index in [4.69, 9.17) is 0 Å². The molecule has 0 atom stereocenters. The monoisotopic (exact) mass is 364 g/mol. The number of hydrogen-bond donors (Lipinski definition) is 1. The van der Waals surface area contributed by atoms with E-state index in [1.165, 1.54) is 18.2 Å². The molecule has 27 heavy (non-hydrogen) atoms. The Labute approximate surface area is 153 Å². The number of hydrogen-bond acceptors (Lipinski definition) is 3. The average molecular weight is 364 g/mol. The molecule has 2 heterocycles. The van der Waals surface area contributed by atoms with E-state index in [0.717, 1.165) is 5.56 Å². The zero-order valence-electron chi connectivity index (χ0n) is 14.1. The lowest BCUT2D eigenvalue weighted by atomic mass is 10.2. The lowest BCUT2D eigenvalue weighted by molar-refractivity contribution is 0.0952. The molecule has 0 saturated heterocycles. The second kappa shape index (κ2) is 6.95. The smallest absolute Gasteiger partial charge is 0.255 e. The van der Waals surface area contributed by atoms with E-state index >= 15 is 0 Å². The first-order chi connectivity index (χ1) is 13.1. The number of carbonyl (C=O) groups is 1. The summed E-state index contributed by atoms with van der Waals surface area (Å²) in [5.41, 5.74) is 1.71. The van der Waals surface area contributed by atoms with Gasteiger partial charge in [-0.15, -0.1) is 10.2 Å².